The van der Waals surface area contributed by atoms with Gasteiger partial charge in [-0.15, -0.1) is 0 Å². The number of nitrogens with one attached hydrogen (secondary N) is 2. The van der Waals surface area contributed by atoms with Crippen molar-refractivity contribution in [2.45, 2.75) is 71.1 Å². The van der Waals surface area contributed by atoms with Crippen molar-refractivity contribution in [1.29, 1.82) is 0 Å². The monoisotopic (exact) mass is 294 g/mol. The topological polar surface area (TPSA) is 41.1 Å². The Morgan fingerprint density at radius 1 is 1.14 bits per heavy atom. The van der Waals surface area contributed by atoms with Crippen LogP contribution in [0.25, 0.3) is 0 Å². The molecule has 3 heteroatoms. The van der Waals surface area contributed by atoms with E-state index in [0.717, 1.165) is 37.9 Å². The molecule has 1 heterocycles. The first-order valence-corrected chi connectivity index (χ1v) is 9.23. The summed E-state index contributed by atoms with van der Waals surface area (Å²) in [6.07, 6.45) is 12.8. The summed E-state index contributed by atoms with van der Waals surface area (Å²) in [5.74, 6) is 2.47. The fourth-order valence-corrected chi connectivity index (χ4v) is 4.04. The van der Waals surface area contributed by atoms with Crippen LogP contribution in [0.3, 0.4) is 0 Å². The third-order valence-corrected chi connectivity index (χ3v) is 5.53. The van der Waals surface area contributed by atoms with E-state index >= 15 is 0 Å². The predicted octanol–water partition coefficient (Wildman–Crippen LogP) is 3.49. The number of hydrogen-bond donors (Lipinski definition) is 2. The molecule has 1 aliphatic heterocycles. The summed E-state index contributed by atoms with van der Waals surface area (Å²) in [7, 11) is 0. The standard InChI is InChI=1S/C18H34N2O/c1-15(17-9-12-19-13-10-17)14-18(21)20-11-5-8-16-6-3-2-4-7-16/h15-17,19H,2-14H2,1H3,(H,20,21). The van der Waals surface area contributed by atoms with Gasteiger partial charge in [-0.25, -0.2) is 0 Å². The molecule has 1 saturated carbocycles. The van der Waals surface area contributed by atoms with Gasteiger partial charge in [0.1, 0.15) is 0 Å². The summed E-state index contributed by atoms with van der Waals surface area (Å²) in [5.41, 5.74) is 0. The molecule has 1 aliphatic carbocycles. The van der Waals surface area contributed by atoms with Crippen LogP contribution in [-0.4, -0.2) is 25.5 Å². The summed E-state index contributed by atoms with van der Waals surface area (Å²) in [6.45, 7) is 5.38. The Hall–Kier alpha value is -0.570. The van der Waals surface area contributed by atoms with Gasteiger partial charge >= 0.3 is 0 Å². The lowest BCUT2D eigenvalue weighted by Crippen LogP contribution is -2.33. The largest absolute Gasteiger partial charge is 0.356 e. The second-order valence-corrected chi connectivity index (χ2v) is 7.27. The van der Waals surface area contributed by atoms with E-state index in [-0.39, 0.29) is 5.91 Å². The minimum Gasteiger partial charge on any atom is -0.356 e. The van der Waals surface area contributed by atoms with Gasteiger partial charge in [-0.2, -0.15) is 0 Å². The van der Waals surface area contributed by atoms with Crippen LogP contribution >= 0.6 is 0 Å². The van der Waals surface area contributed by atoms with Gasteiger partial charge in [0.25, 0.3) is 0 Å². The van der Waals surface area contributed by atoms with Crippen LogP contribution < -0.4 is 10.6 Å². The maximum atomic E-state index is 12.0. The van der Waals surface area contributed by atoms with Crippen molar-refractivity contribution in [1.82, 2.24) is 10.6 Å². The van der Waals surface area contributed by atoms with Gasteiger partial charge in [-0.1, -0.05) is 39.0 Å². The molecule has 0 aromatic carbocycles. The molecule has 2 aliphatic rings. The highest BCUT2D eigenvalue weighted by Crippen LogP contribution is 2.27. The van der Waals surface area contributed by atoms with E-state index < -0.39 is 0 Å². The molecule has 1 saturated heterocycles. The molecule has 1 amide bonds. The molecule has 0 aromatic heterocycles. The minimum absolute atomic E-state index is 0.268. The lowest BCUT2D eigenvalue weighted by molar-refractivity contribution is -0.122. The number of piperidine rings is 1. The highest BCUT2D eigenvalue weighted by molar-refractivity contribution is 5.76. The van der Waals surface area contributed by atoms with Crippen LogP contribution in [-0.2, 0) is 4.79 Å². The van der Waals surface area contributed by atoms with Gasteiger partial charge in [0.2, 0.25) is 5.91 Å². The molecule has 1 unspecified atom stereocenters. The molecule has 0 spiro atoms. The van der Waals surface area contributed by atoms with Crippen LogP contribution in [0.1, 0.15) is 71.1 Å². The zero-order valence-corrected chi connectivity index (χ0v) is 13.8. The number of hydrogen-bond acceptors (Lipinski definition) is 2. The molecule has 0 radical (unpaired) electrons. The minimum atomic E-state index is 0.268. The molecule has 122 valence electrons. The van der Waals surface area contributed by atoms with Crippen molar-refractivity contribution in [2.75, 3.05) is 19.6 Å². The van der Waals surface area contributed by atoms with Gasteiger partial charge in [-0.3, -0.25) is 4.79 Å². The molecular formula is C18H34N2O. The Morgan fingerprint density at radius 2 is 1.86 bits per heavy atom. The van der Waals surface area contributed by atoms with Crippen molar-refractivity contribution in [3.05, 3.63) is 0 Å². The highest BCUT2D eigenvalue weighted by Gasteiger charge is 2.21. The molecule has 0 bridgehead atoms. The lowest BCUT2D eigenvalue weighted by atomic mass is 9.84. The SMILES string of the molecule is CC(CC(=O)NCCCC1CCCCC1)C1CCNCC1. The van der Waals surface area contributed by atoms with E-state index in [1.165, 1.54) is 51.4 Å². The number of carbonyl (C=O) groups is 1. The van der Waals surface area contributed by atoms with E-state index in [1.807, 2.05) is 0 Å². The summed E-state index contributed by atoms with van der Waals surface area (Å²) >= 11 is 0. The number of rotatable bonds is 7. The second kappa shape index (κ2) is 9.45. The molecule has 1 atom stereocenters. The Morgan fingerprint density at radius 3 is 2.57 bits per heavy atom. The van der Waals surface area contributed by atoms with Gasteiger partial charge < -0.3 is 10.6 Å². The maximum Gasteiger partial charge on any atom is 0.220 e. The van der Waals surface area contributed by atoms with Crippen LogP contribution in [0.15, 0.2) is 0 Å². The zero-order valence-electron chi connectivity index (χ0n) is 13.8. The van der Waals surface area contributed by atoms with Crippen LogP contribution in [0.4, 0.5) is 0 Å². The molecule has 0 aromatic rings. The lowest BCUT2D eigenvalue weighted by Gasteiger charge is -2.28. The van der Waals surface area contributed by atoms with Crippen molar-refractivity contribution in [3.8, 4) is 0 Å². The molecule has 21 heavy (non-hydrogen) atoms. The first-order valence-electron chi connectivity index (χ1n) is 9.23. The fourth-order valence-electron chi connectivity index (χ4n) is 4.04. The Bertz CT molecular complexity index is 294. The Balaban J connectivity index is 1.52. The molecule has 3 nitrogen and oxygen atoms in total. The molecule has 2 fully saturated rings. The first-order chi connectivity index (χ1) is 10.3. The molecule has 2 rings (SSSR count). The Labute approximate surface area is 130 Å². The van der Waals surface area contributed by atoms with Gasteiger partial charge in [0.05, 0.1) is 0 Å². The van der Waals surface area contributed by atoms with E-state index in [9.17, 15) is 4.79 Å². The van der Waals surface area contributed by atoms with Crippen LogP contribution in [0.5, 0.6) is 0 Å². The number of carbonyl (C=O) groups excluding carboxylic acids is 1. The summed E-state index contributed by atoms with van der Waals surface area (Å²) in [6, 6.07) is 0. The second-order valence-electron chi connectivity index (χ2n) is 7.27. The third kappa shape index (κ3) is 6.37. The smallest absolute Gasteiger partial charge is 0.220 e. The van der Waals surface area contributed by atoms with E-state index in [4.69, 9.17) is 0 Å². The summed E-state index contributed by atoms with van der Waals surface area (Å²) < 4.78 is 0. The third-order valence-electron chi connectivity index (χ3n) is 5.53. The Kier molecular flexibility index (Phi) is 7.56. The van der Waals surface area contributed by atoms with E-state index in [2.05, 4.69) is 17.6 Å². The molecule has 2 N–H and O–H groups in total. The fraction of sp³-hybridized carbons (Fsp3) is 0.944. The summed E-state index contributed by atoms with van der Waals surface area (Å²) in [4.78, 5) is 12.0. The van der Waals surface area contributed by atoms with Crippen molar-refractivity contribution < 1.29 is 4.79 Å². The van der Waals surface area contributed by atoms with Crippen molar-refractivity contribution in [2.24, 2.45) is 17.8 Å². The van der Waals surface area contributed by atoms with E-state index in [1.54, 1.807) is 0 Å². The normalized spacial score (nSPS) is 22.9. The predicted molar refractivity (Wildman–Crippen MR) is 88.2 cm³/mol. The van der Waals surface area contributed by atoms with Crippen LogP contribution in [0, 0.1) is 17.8 Å². The van der Waals surface area contributed by atoms with Crippen molar-refractivity contribution >= 4 is 5.91 Å². The average molecular weight is 294 g/mol. The maximum absolute atomic E-state index is 12.0. The zero-order chi connectivity index (χ0) is 14.9. The van der Waals surface area contributed by atoms with Crippen molar-refractivity contribution in [3.63, 3.8) is 0 Å². The highest BCUT2D eigenvalue weighted by atomic mass is 16.1. The first kappa shape index (κ1) is 16.8. The van der Waals surface area contributed by atoms with Gasteiger partial charge in [0.15, 0.2) is 0 Å². The molecular weight excluding hydrogens is 260 g/mol. The van der Waals surface area contributed by atoms with E-state index in [0.29, 0.717) is 12.3 Å². The quantitative estimate of drug-likeness (QED) is 0.706. The summed E-state index contributed by atoms with van der Waals surface area (Å²) in [5, 5.41) is 6.53. The van der Waals surface area contributed by atoms with Crippen LogP contribution in [0.2, 0.25) is 0 Å². The number of amides is 1. The van der Waals surface area contributed by atoms with Gasteiger partial charge in [-0.05, 0) is 56.5 Å². The average Bonchev–Trinajstić information content (AvgIpc) is 2.53. The van der Waals surface area contributed by atoms with Gasteiger partial charge in [0, 0.05) is 13.0 Å².